The van der Waals surface area contributed by atoms with Gasteiger partial charge in [0, 0.05) is 11.4 Å². The SMILES string of the molecule is N#Cc1c(N)sc2c1CCN(c1nc3ccccc3s1)C2. The highest BCUT2D eigenvalue weighted by Crippen LogP contribution is 2.37. The maximum absolute atomic E-state index is 9.19. The van der Waals surface area contributed by atoms with Crippen LogP contribution in [0.3, 0.4) is 0 Å². The van der Waals surface area contributed by atoms with Crippen molar-refractivity contribution >= 4 is 43.0 Å². The Morgan fingerprint density at radius 2 is 2.14 bits per heavy atom. The molecule has 0 bridgehead atoms. The number of para-hydroxylation sites is 1. The van der Waals surface area contributed by atoms with Crippen LogP contribution in [0.4, 0.5) is 10.1 Å². The van der Waals surface area contributed by atoms with Gasteiger partial charge >= 0.3 is 0 Å². The molecule has 104 valence electrons. The molecule has 2 N–H and O–H groups in total. The minimum absolute atomic E-state index is 0.647. The smallest absolute Gasteiger partial charge is 0.186 e. The molecule has 0 radical (unpaired) electrons. The number of hydrogen-bond acceptors (Lipinski definition) is 6. The van der Waals surface area contributed by atoms with Crippen molar-refractivity contribution in [2.45, 2.75) is 13.0 Å². The molecular formula is C15H12N4S2. The van der Waals surface area contributed by atoms with E-state index in [1.165, 1.54) is 20.9 Å². The van der Waals surface area contributed by atoms with Gasteiger partial charge in [0.25, 0.3) is 0 Å². The molecule has 0 spiro atoms. The van der Waals surface area contributed by atoms with Gasteiger partial charge in [0.15, 0.2) is 5.13 Å². The molecule has 0 saturated heterocycles. The summed E-state index contributed by atoms with van der Waals surface area (Å²) in [5.74, 6) is 0. The van der Waals surface area contributed by atoms with E-state index in [0.29, 0.717) is 10.6 Å². The highest BCUT2D eigenvalue weighted by molar-refractivity contribution is 7.22. The van der Waals surface area contributed by atoms with Crippen molar-refractivity contribution in [3.63, 3.8) is 0 Å². The zero-order valence-corrected chi connectivity index (χ0v) is 12.8. The van der Waals surface area contributed by atoms with Gasteiger partial charge in [-0.1, -0.05) is 23.5 Å². The first kappa shape index (κ1) is 12.6. The van der Waals surface area contributed by atoms with E-state index in [2.05, 4.69) is 17.0 Å². The van der Waals surface area contributed by atoms with Gasteiger partial charge in [0.1, 0.15) is 11.1 Å². The molecule has 0 saturated carbocycles. The van der Waals surface area contributed by atoms with E-state index in [-0.39, 0.29) is 0 Å². The number of benzene rings is 1. The average Bonchev–Trinajstić information content (AvgIpc) is 3.05. The fourth-order valence-electron chi connectivity index (χ4n) is 2.71. The Hall–Kier alpha value is -2.10. The molecule has 1 aliphatic rings. The Morgan fingerprint density at radius 1 is 1.29 bits per heavy atom. The molecule has 2 aromatic heterocycles. The third-order valence-corrected chi connectivity index (χ3v) is 5.89. The lowest BCUT2D eigenvalue weighted by Crippen LogP contribution is -2.29. The number of thiazole rings is 1. The topological polar surface area (TPSA) is 65.9 Å². The summed E-state index contributed by atoms with van der Waals surface area (Å²) < 4.78 is 1.21. The number of nitrogens with two attached hydrogens (primary N) is 1. The maximum Gasteiger partial charge on any atom is 0.186 e. The summed E-state index contributed by atoms with van der Waals surface area (Å²) >= 11 is 3.26. The van der Waals surface area contributed by atoms with Crippen molar-refractivity contribution < 1.29 is 0 Å². The molecule has 3 heterocycles. The number of thiophene rings is 1. The number of rotatable bonds is 1. The van der Waals surface area contributed by atoms with Crippen molar-refractivity contribution in [2.75, 3.05) is 17.2 Å². The highest BCUT2D eigenvalue weighted by atomic mass is 32.1. The van der Waals surface area contributed by atoms with Crippen molar-refractivity contribution in [1.29, 1.82) is 5.26 Å². The number of hydrogen-bond donors (Lipinski definition) is 1. The van der Waals surface area contributed by atoms with Crippen LogP contribution in [-0.4, -0.2) is 11.5 Å². The summed E-state index contributed by atoms with van der Waals surface area (Å²) in [6, 6.07) is 10.4. The monoisotopic (exact) mass is 312 g/mol. The van der Waals surface area contributed by atoms with Crippen LogP contribution in [0, 0.1) is 11.3 Å². The van der Waals surface area contributed by atoms with E-state index in [4.69, 9.17) is 10.7 Å². The Bertz CT molecular complexity index is 839. The molecular weight excluding hydrogens is 300 g/mol. The molecule has 0 atom stereocenters. The van der Waals surface area contributed by atoms with Crippen LogP contribution in [0.5, 0.6) is 0 Å². The normalized spacial score (nSPS) is 14.1. The van der Waals surface area contributed by atoms with Gasteiger partial charge in [-0.05, 0) is 24.1 Å². The lowest BCUT2D eigenvalue weighted by molar-refractivity contribution is 0.741. The summed E-state index contributed by atoms with van der Waals surface area (Å²) in [6.07, 6.45) is 0.863. The number of anilines is 2. The minimum atomic E-state index is 0.647. The minimum Gasteiger partial charge on any atom is -0.389 e. The van der Waals surface area contributed by atoms with Crippen molar-refractivity contribution in [3.05, 3.63) is 40.3 Å². The van der Waals surface area contributed by atoms with Crippen LogP contribution >= 0.6 is 22.7 Å². The van der Waals surface area contributed by atoms with Gasteiger partial charge in [-0.3, -0.25) is 0 Å². The predicted octanol–water partition coefficient (Wildman–Crippen LogP) is 3.37. The quantitative estimate of drug-likeness (QED) is 0.748. The molecule has 0 aliphatic carbocycles. The van der Waals surface area contributed by atoms with Crippen LogP contribution in [0.15, 0.2) is 24.3 Å². The lowest BCUT2D eigenvalue weighted by Gasteiger charge is -2.26. The van der Waals surface area contributed by atoms with Crippen molar-refractivity contribution in [3.8, 4) is 6.07 Å². The average molecular weight is 312 g/mol. The highest BCUT2D eigenvalue weighted by Gasteiger charge is 2.25. The Labute approximate surface area is 130 Å². The van der Waals surface area contributed by atoms with E-state index in [9.17, 15) is 5.26 Å². The number of aromatic nitrogens is 1. The molecule has 0 amide bonds. The molecule has 0 unspecified atom stereocenters. The fourth-order valence-corrected chi connectivity index (χ4v) is 4.78. The lowest BCUT2D eigenvalue weighted by atomic mass is 10.0. The van der Waals surface area contributed by atoms with E-state index >= 15 is 0 Å². The summed E-state index contributed by atoms with van der Waals surface area (Å²) in [7, 11) is 0. The molecule has 3 aromatic rings. The molecule has 21 heavy (non-hydrogen) atoms. The van der Waals surface area contributed by atoms with Crippen LogP contribution in [0.2, 0.25) is 0 Å². The van der Waals surface area contributed by atoms with Gasteiger partial charge in [-0.15, -0.1) is 11.3 Å². The summed E-state index contributed by atoms with van der Waals surface area (Å²) in [5, 5.41) is 10.9. The second-order valence-electron chi connectivity index (χ2n) is 4.99. The number of nitrogen functional groups attached to an aromatic ring is 1. The number of fused-ring (bicyclic) bond motifs is 2. The van der Waals surface area contributed by atoms with E-state index in [1.807, 2.05) is 18.2 Å². The zero-order valence-electron chi connectivity index (χ0n) is 11.2. The number of nitrogens with zero attached hydrogens (tertiary/aromatic N) is 3. The Morgan fingerprint density at radius 3 is 2.95 bits per heavy atom. The van der Waals surface area contributed by atoms with Crippen LogP contribution < -0.4 is 10.6 Å². The van der Waals surface area contributed by atoms with E-state index < -0.39 is 0 Å². The molecule has 1 aliphatic heterocycles. The fraction of sp³-hybridized carbons (Fsp3) is 0.200. The molecule has 4 rings (SSSR count). The van der Waals surface area contributed by atoms with Crippen molar-refractivity contribution in [1.82, 2.24) is 4.98 Å². The van der Waals surface area contributed by atoms with Gasteiger partial charge in [0.05, 0.1) is 22.3 Å². The standard InChI is InChI=1S/C15H12N4S2/c16-7-10-9-5-6-19(8-13(9)20-14(10)17)15-18-11-3-1-2-4-12(11)21-15/h1-4H,5-6,8,17H2. The first-order valence-corrected chi connectivity index (χ1v) is 8.30. The van der Waals surface area contributed by atoms with Crippen LogP contribution in [0.1, 0.15) is 16.0 Å². The van der Waals surface area contributed by atoms with E-state index in [1.54, 1.807) is 11.3 Å². The largest absolute Gasteiger partial charge is 0.389 e. The summed E-state index contributed by atoms with van der Waals surface area (Å²) in [6.45, 7) is 1.68. The summed E-state index contributed by atoms with van der Waals surface area (Å²) in [5.41, 5.74) is 8.81. The maximum atomic E-state index is 9.19. The van der Waals surface area contributed by atoms with Gasteiger partial charge in [0.2, 0.25) is 0 Å². The van der Waals surface area contributed by atoms with Crippen LogP contribution in [-0.2, 0) is 13.0 Å². The van der Waals surface area contributed by atoms with Gasteiger partial charge in [-0.2, -0.15) is 5.26 Å². The number of nitriles is 1. The molecule has 6 heteroatoms. The van der Waals surface area contributed by atoms with Crippen LogP contribution in [0.25, 0.3) is 10.2 Å². The summed E-state index contributed by atoms with van der Waals surface area (Å²) in [4.78, 5) is 8.20. The Kier molecular flexibility index (Phi) is 2.84. The van der Waals surface area contributed by atoms with Gasteiger partial charge < -0.3 is 10.6 Å². The third-order valence-electron chi connectivity index (χ3n) is 3.75. The Balaban J connectivity index is 1.70. The molecule has 4 nitrogen and oxygen atoms in total. The first-order valence-electron chi connectivity index (χ1n) is 6.67. The van der Waals surface area contributed by atoms with Crippen molar-refractivity contribution in [2.24, 2.45) is 0 Å². The zero-order chi connectivity index (χ0) is 14.4. The predicted molar refractivity (Wildman–Crippen MR) is 87.8 cm³/mol. The second kappa shape index (κ2) is 4.72. The molecule has 0 fully saturated rings. The van der Waals surface area contributed by atoms with E-state index in [0.717, 1.165) is 35.7 Å². The second-order valence-corrected chi connectivity index (χ2v) is 7.14. The van der Waals surface area contributed by atoms with Gasteiger partial charge in [-0.25, -0.2) is 4.98 Å². The molecule has 1 aromatic carbocycles. The third kappa shape index (κ3) is 1.97. The first-order chi connectivity index (χ1) is 10.3.